The average Bonchev–Trinajstić information content (AvgIpc) is 2.13. The van der Waals surface area contributed by atoms with Crippen LogP contribution in [0.5, 0.6) is 0 Å². The van der Waals surface area contributed by atoms with Crippen molar-refractivity contribution in [2.45, 2.75) is 11.8 Å². The molecular formula is C6H8OS2. The lowest BCUT2D eigenvalue weighted by atomic mass is 10.4. The first-order chi connectivity index (χ1) is 4.22. The zero-order valence-electron chi connectivity index (χ0n) is 5.38. The Morgan fingerprint density at radius 2 is 2.22 bits per heavy atom. The highest BCUT2D eigenvalue weighted by Gasteiger charge is 2.00. The zero-order chi connectivity index (χ0) is 6.85. The summed E-state index contributed by atoms with van der Waals surface area (Å²) in [5.41, 5.74) is 1.14. The van der Waals surface area contributed by atoms with Crippen LogP contribution in [0.4, 0.5) is 0 Å². The third-order valence-corrected chi connectivity index (χ3v) is 3.19. The first-order valence-electron chi connectivity index (χ1n) is 2.58. The molecule has 0 aliphatic rings. The molecule has 9 heavy (non-hydrogen) atoms. The molecule has 0 amide bonds. The molecule has 1 heterocycles. The van der Waals surface area contributed by atoms with Crippen molar-refractivity contribution in [1.29, 1.82) is 0 Å². The minimum absolute atomic E-state index is 0.799. The molecule has 0 aliphatic carbocycles. The molecule has 0 fully saturated rings. The number of rotatable bonds is 1. The molecule has 1 unspecified atom stereocenters. The fourth-order valence-corrected chi connectivity index (χ4v) is 2.65. The van der Waals surface area contributed by atoms with Gasteiger partial charge in [-0.15, -0.1) is 0 Å². The molecule has 0 aliphatic heterocycles. The Morgan fingerprint density at radius 3 is 2.44 bits per heavy atom. The normalized spacial score (nSPS) is 13.6. The zero-order valence-corrected chi connectivity index (χ0v) is 7.01. The maximum atomic E-state index is 10.8. The first kappa shape index (κ1) is 6.96. The number of aryl methyl sites for hydroxylation is 1. The van der Waals surface area contributed by atoms with Crippen molar-refractivity contribution in [3.05, 3.63) is 16.3 Å². The van der Waals surface area contributed by atoms with E-state index in [0.29, 0.717) is 0 Å². The van der Waals surface area contributed by atoms with E-state index in [-0.39, 0.29) is 0 Å². The van der Waals surface area contributed by atoms with Gasteiger partial charge in [-0.3, -0.25) is 4.21 Å². The van der Waals surface area contributed by atoms with Crippen LogP contribution < -0.4 is 0 Å². The third kappa shape index (κ3) is 1.40. The molecule has 0 aromatic carbocycles. The van der Waals surface area contributed by atoms with E-state index in [9.17, 15) is 4.21 Å². The molecule has 3 heteroatoms. The van der Waals surface area contributed by atoms with E-state index in [4.69, 9.17) is 0 Å². The Kier molecular flexibility index (Phi) is 2.03. The smallest absolute Gasteiger partial charge is 0.0521 e. The summed E-state index contributed by atoms with van der Waals surface area (Å²) in [5.74, 6) is 0. The lowest BCUT2D eigenvalue weighted by Crippen LogP contribution is -1.84. The first-order valence-corrected chi connectivity index (χ1v) is 5.08. The van der Waals surface area contributed by atoms with E-state index < -0.39 is 10.8 Å². The molecule has 0 radical (unpaired) electrons. The van der Waals surface area contributed by atoms with Crippen LogP contribution in [-0.2, 0) is 10.8 Å². The molecule has 0 bridgehead atoms. The lowest BCUT2D eigenvalue weighted by molar-refractivity contribution is 0.686. The second-order valence-electron chi connectivity index (χ2n) is 1.87. The van der Waals surface area contributed by atoms with Crippen LogP contribution >= 0.6 is 11.3 Å². The Bertz CT molecular complexity index is 227. The molecule has 1 aromatic heterocycles. The highest BCUT2D eigenvalue weighted by molar-refractivity contribution is 7.84. The summed E-state index contributed by atoms with van der Waals surface area (Å²) in [6.45, 7) is 1.98. The maximum absolute atomic E-state index is 10.8. The Morgan fingerprint density at radius 1 is 1.56 bits per heavy atom. The molecule has 1 atom stereocenters. The van der Waals surface area contributed by atoms with Gasteiger partial charge in [-0.25, -0.2) is 0 Å². The lowest BCUT2D eigenvalue weighted by Gasteiger charge is -1.89. The minimum Gasteiger partial charge on any atom is -0.255 e. The molecule has 1 rings (SSSR count). The summed E-state index contributed by atoms with van der Waals surface area (Å²) in [4.78, 5) is 0.972. The van der Waals surface area contributed by atoms with Gasteiger partial charge in [0.15, 0.2) is 0 Å². The van der Waals surface area contributed by atoms with Gasteiger partial charge >= 0.3 is 0 Å². The number of hydrogen-bond acceptors (Lipinski definition) is 2. The quantitative estimate of drug-likeness (QED) is 0.612. The summed E-state index contributed by atoms with van der Waals surface area (Å²) in [6.07, 6.45) is 1.70. The van der Waals surface area contributed by atoms with Crippen LogP contribution in [0.25, 0.3) is 0 Å². The molecule has 0 spiro atoms. The van der Waals surface area contributed by atoms with Gasteiger partial charge < -0.3 is 0 Å². The maximum Gasteiger partial charge on any atom is 0.0521 e. The second-order valence-corrected chi connectivity index (χ2v) is 3.96. The monoisotopic (exact) mass is 160 g/mol. The van der Waals surface area contributed by atoms with E-state index in [1.807, 2.05) is 17.7 Å². The molecule has 0 saturated heterocycles. The van der Waals surface area contributed by atoms with E-state index >= 15 is 0 Å². The third-order valence-electron chi connectivity index (χ3n) is 1.12. The largest absolute Gasteiger partial charge is 0.255 e. The van der Waals surface area contributed by atoms with Gasteiger partial charge in [0.2, 0.25) is 0 Å². The Balaban J connectivity index is 3.08. The molecule has 0 saturated carbocycles. The molecule has 50 valence electrons. The van der Waals surface area contributed by atoms with Crippen molar-refractivity contribution in [1.82, 2.24) is 0 Å². The standard InChI is InChI=1S/C6H8OS2/c1-5-3-8-4-6(5)9(2)7/h3-4H,1-2H3. The topological polar surface area (TPSA) is 17.1 Å². The van der Waals surface area contributed by atoms with E-state index in [1.54, 1.807) is 17.6 Å². The van der Waals surface area contributed by atoms with Gasteiger partial charge in [-0.1, -0.05) is 0 Å². The number of hydrogen-bond donors (Lipinski definition) is 0. The van der Waals surface area contributed by atoms with Crippen LogP contribution in [0, 0.1) is 6.92 Å². The van der Waals surface area contributed by atoms with Crippen molar-refractivity contribution in [2.75, 3.05) is 6.26 Å². The fourth-order valence-electron chi connectivity index (χ4n) is 0.643. The van der Waals surface area contributed by atoms with E-state index in [2.05, 4.69) is 0 Å². The minimum atomic E-state index is -0.799. The highest BCUT2D eigenvalue weighted by atomic mass is 32.2. The summed E-state index contributed by atoms with van der Waals surface area (Å²) in [7, 11) is -0.799. The average molecular weight is 160 g/mol. The van der Waals surface area contributed by atoms with Gasteiger partial charge in [-0.05, 0) is 17.9 Å². The summed E-state index contributed by atoms with van der Waals surface area (Å²) in [6, 6.07) is 0. The predicted molar refractivity (Wildman–Crippen MR) is 41.4 cm³/mol. The van der Waals surface area contributed by atoms with Gasteiger partial charge in [0.1, 0.15) is 0 Å². The fraction of sp³-hybridized carbons (Fsp3) is 0.333. The van der Waals surface area contributed by atoms with Gasteiger partial charge in [0, 0.05) is 11.6 Å². The van der Waals surface area contributed by atoms with Crippen molar-refractivity contribution in [3.63, 3.8) is 0 Å². The van der Waals surface area contributed by atoms with Crippen LogP contribution in [0.15, 0.2) is 15.7 Å². The predicted octanol–water partition coefficient (Wildman–Crippen LogP) is 1.79. The molecule has 1 aromatic rings. The van der Waals surface area contributed by atoms with E-state index in [1.165, 1.54) is 0 Å². The summed E-state index contributed by atoms with van der Waals surface area (Å²) < 4.78 is 10.8. The van der Waals surface area contributed by atoms with Crippen LogP contribution in [0.1, 0.15) is 5.56 Å². The van der Waals surface area contributed by atoms with E-state index in [0.717, 1.165) is 10.5 Å². The van der Waals surface area contributed by atoms with Gasteiger partial charge in [0.05, 0.1) is 15.7 Å². The van der Waals surface area contributed by atoms with Crippen LogP contribution in [0.3, 0.4) is 0 Å². The summed E-state index contributed by atoms with van der Waals surface area (Å²) in [5, 5.41) is 3.95. The molecule has 0 N–H and O–H groups in total. The number of thiophene rings is 1. The Hall–Kier alpha value is -0.150. The Labute approximate surface area is 61.2 Å². The van der Waals surface area contributed by atoms with Crippen LogP contribution in [0.2, 0.25) is 0 Å². The van der Waals surface area contributed by atoms with Gasteiger partial charge in [0.25, 0.3) is 0 Å². The van der Waals surface area contributed by atoms with Crippen molar-refractivity contribution in [3.8, 4) is 0 Å². The second kappa shape index (κ2) is 2.62. The van der Waals surface area contributed by atoms with Crippen molar-refractivity contribution < 1.29 is 4.21 Å². The van der Waals surface area contributed by atoms with Crippen molar-refractivity contribution >= 4 is 22.1 Å². The van der Waals surface area contributed by atoms with Crippen LogP contribution in [-0.4, -0.2) is 10.5 Å². The molecule has 1 nitrogen and oxygen atoms in total. The van der Waals surface area contributed by atoms with Gasteiger partial charge in [-0.2, -0.15) is 11.3 Å². The molecular weight excluding hydrogens is 152 g/mol. The summed E-state index contributed by atoms with van der Waals surface area (Å²) >= 11 is 1.60. The van der Waals surface area contributed by atoms with Crippen molar-refractivity contribution in [2.24, 2.45) is 0 Å². The highest BCUT2D eigenvalue weighted by Crippen LogP contribution is 2.16. The SMILES string of the molecule is Cc1cscc1S(C)=O.